The summed E-state index contributed by atoms with van der Waals surface area (Å²) in [4.78, 5) is 7.14. The highest BCUT2D eigenvalue weighted by Crippen LogP contribution is 2.28. The predicted octanol–water partition coefficient (Wildman–Crippen LogP) is 2.06. The minimum absolute atomic E-state index is 0.697. The zero-order valence-corrected chi connectivity index (χ0v) is 11.0. The molecule has 0 aliphatic carbocycles. The van der Waals surface area contributed by atoms with Crippen molar-refractivity contribution in [3.63, 3.8) is 0 Å². The van der Waals surface area contributed by atoms with Gasteiger partial charge in [-0.15, -0.1) is 11.3 Å². The molecular formula is C12H21N3S. The average Bonchev–Trinajstić information content (AvgIpc) is 2.76. The quantitative estimate of drug-likeness (QED) is 0.872. The van der Waals surface area contributed by atoms with Crippen molar-refractivity contribution in [1.29, 1.82) is 0 Å². The minimum atomic E-state index is 0.697. The van der Waals surface area contributed by atoms with Crippen molar-refractivity contribution in [2.75, 3.05) is 26.7 Å². The first-order valence-corrected chi connectivity index (χ1v) is 7.01. The number of hydrogen-bond donors (Lipinski definition) is 1. The Morgan fingerprint density at radius 2 is 2.25 bits per heavy atom. The van der Waals surface area contributed by atoms with Crippen LogP contribution in [0.3, 0.4) is 0 Å². The summed E-state index contributed by atoms with van der Waals surface area (Å²) >= 11 is 1.80. The molecule has 1 aliphatic heterocycles. The summed E-state index contributed by atoms with van der Waals surface area (Å²) in [5.74, 6) is 0.697. The lowest BCUT2D eigenvalue weighted by molar-refractivity contribution is 0.253. The molecule has 1 saturated heterocycles. The second-order valence-electron chi connectivity index (χ2n) is 4.52. The van der Waals surface area contributed by atoms with Gasteiger partial charge in [-0.25, -0.2) is 4.98 Å². The molecule has 1 aromatic rings. The minimum Gasteiger partial charge on any atom is -0.311 e. The van der Waals surface area contributed by atoms with Crippen LogP contribution in [0.1, 0.15) is 36.4 Å². The Bertz CT molecular complexity index is 316. The molecule has 2 rings (SSSR count). The van der Waals surface area contributed by atoms with Crippen LogP contribution in [0, 0.1) is 0 Å². The van der Waals surface area contributed by atoms with Crippen LogP contribution in [0.25, 0.3) is 0 Å². The molecule has 0 radical (unpaired) electrons. The van der Waals surface area contributed by atoms with Gasteiger partial charge in [0.1, 0.15) is 5.01 Å². The molecule has 0 amide bonds. The summed E-state index contributed by atoms with van der Waals surface area (Å²) in [7, 11) is 2.20. The summed E-state index contributed by atoms with van der Waals surface area (Å²) in [5, 5.41) is 6.81. The Labute approximate surface area is 102 Å². The molecular weight excluding hydrogens is 218 g/mol. The van der Waals surface area contributed by atoms with Crippen molar-refractivity contribution in [3.05, 3.63) is 16.1 Å². The number of thiazole rings is 1. The van der Waals surface area contributed by atoms with Crippen LogP contribution in [0.5, 0.6) is 0 Å². The van der Waals surface area contributed by atoms with Crippen molar-refractivity contribution in [2.24, 2.45) is 0 Å². The molecule has 0 unspecified atom stereocenters. The predicted molar refractivity (Wildman–Crippen MR) is 69.0 cm³/mol. The molecule has 3 nitrogen and oxygen atoms in total. The van der Waals surface area contributed by atoms with Crippen LogP contribution in [0.15, 0.2) is 5.38 Å². The maximum atomic E-state index is 4.73. The van der Waals surface area contributed by atoms with Crippen molar-refractivity contribution in [3.8, 4) is 0 Å². The summed E-state index contributed by atoms with van der Waals surface area (Å²) in [6.45, 7) is 6.50. The van der Waals surface area contributed by atoms with E-state index in [0.29, 0.717) is 5.92 Å². The summed E-state index contributed by atoms with van der Waals surface area (Å²) in [6, 6.07) is 0. The zero-order valence-electron chi connectivity index (χ0n) is 10.2. The lowest BCUT2D eigenvalue weighted by Crippen LogP contribution is -2.29. The van der Waals surface area contributed by atoms with E-state index in [1.165, 1.54) is 36.6 Å². The van der Waals surface area contributed by atoms with Crippen LogP contribution in [-0.4, -0.2) is 36.6 Å². The Hall–Kier alpha value is -0.450. The van der Waals surface area contributed by atoms with Gasteiger partial charge >= 0.3 is 0 Å². The van der Waals surface area contributed by atoms with Crippen molar-refractivity contribution >= 4 is 11.3 Å². The maximum Gasteiger partial charge on any atom is 0.107 e. The fraction of sp³-hybridized carbons (Fsp3) is 0.750. The SMILES string of the molecule is CCNCc1nc(C2CCN(C)CC2)cs1. The Morgan fingerprint density at radius 1 is 1.50 bits per heavy atom. The summed E-state index contributed by atoms with van der Waals surface area (Å²) in [6.07, 6.45) is 2.53. The van der Waals surface area contributed by atoms with Gasteiger partial charge in [-0.05, 0) is 39.5 Å². The molecule has 16 heavy (non-hydrogen) atoms. The van der Waals surface area contributed by atoms with E-state index in [9.17, 15) is 0 Å². The van der Waals surface area contributed by atoms with E-state index in [2.05, 4.69) is 29.6 Å². The van der Waals surface area contributed by atoms with Gasteiger partial charge in [-0.1, -0.05) is 6.92 Å². The largest absolute Gasteiger partial charge is 0.311 e. The molecule has 0 saturated carbocycles. The van der Waals surface area contributed by atoms with Crippen LogP contribution >= 0.6 is 11.3 Å². The molecule has 1 N–H and O–H groups in total. The third-order valence-electron chi connectivity index (χ3n) is 3.23. The lowest BCUT2D eigenvalue weighted by atomic mass is 9.95. The van der Waals surface area contributed by atoms with Gasteiger partial charge in [0.25, 0.3) is 0 Å². The topological polar surface area (TPSA) is 28.2 Å². The third kappa shape index (κ3) is 3.03. The maximum absolute atomic E-state index is 4.73. The number of piperidine rings is 1. The highest BCUT2D eigenvalue weighted by atomic mass is 32.1. The van der Waals surface area contributed by atoms with E-state index in [1.807, 2.05) is 0 Å². The monoisotopic (exact) mass is 239 g/mol. The number of rotatable bonds is 4. The molecule has 1 fully saturated rings. The van der Waals surface area contributed by atoms with E-state index in [1.54, 1.807) is 11.3 Å². The molecule has 2 heterocycles. The van der Waals surface area contributed by atoms with E-state index in [-0.39, 0.29) is 0 Å². The Kier molecular flexibility index (Phi) is 4.32. The van der Waals surface area contributed by atoms with Crippen LogP contribution < -0.4 is 5.32 Å². The van der Waals surface area contributed by atoms with Gasteiger partial charge in [-0.2, -0.15) is 0 Å². The lowest BCUT2D eigenvalue weighted by Gasteiger charge is -2.27. The van der Waals surface area contributed by atoms with Gasteiger partial charge in [-0.3, -0.25) is 0 Å². The van der Waals surface area contributed by atoms with Crippen molar-refractivity contribution in [2.45, 2.75) is 32.2 Å². The van der Waals surface area contributed by atoms with Crippen LogP contribution in [-0.2, 0) is 6.54 Å². The van der Waals surface area contributed by atoms with E-state index in [0.717, 1.165) is 13.1 Å². The fourth-order valence-corrected chi connectivity index (χ4v) is 2.98. The summed E-state index contributed by atoms with van der Waals surface area (Å²) in [5.41, 5.74) is 1.33. The fourth-order valence-electron chi connectivity index (χ4n) is 2.13. The average molecular weight is 239 g/mol. The van der Waals surface area contributed by atoms with Crippen molar-refractivity contribution < 1.29 is 0 Å². The van der Waals surface area contributed by atoms with E-state index in [4.69, 9.17) is 4.98 Å². The first-order chi connectivity index (χ1) is 7.79. The number of nitrogens with zero attached hydrogens (tertiary/aromatic N) is 2. The van der Waals surface area contributed by atoms with Gasteiger partial charge in [0.2, 0.25) is 0 Å². The summed E-state index contributed by atoms with van der Waals surface area (Å²) < 4.78 is 0. The van der Waals surface area contributed by atoms with Crippen LogP contribution in [0.2, 0.25) is 0 Å². The van der Waals surface area contributed by atoms with Gasteiger partial charge in [0.05, 0.1) is 5.69 Å². The normalized spacial score (nSPS) is 19.1. The Balaban J connectivity index is 1.91. The molecule has 1 aromatic heterocycles. The highest BCUT2D eigenvalue weighted by Gasteiger charge is 2.20. The third-order valence-corrected chi connectivity index (χ3v) is 4.10. The van der Waals surface area contributed by atoms with Gasteiger partial charge in [0.15, 0.2) is 0 Å². The number of hydrogen-bond acceptors (Lipinski definition) is 4. The van der Waals surface area contributed by atoms with Gasteiger partial charge < -0.3 is 10.2 Å². The molecule has 0 bridgehead atoms. The molecule has 0 spiro atoms. The first kappa shape index (κ1) is 12.0. The van der Waals surface area contributed by atoms with Gasteiger partial charge in [0, 0.05) is 17.8 Å². The zero-order chi connectivity index (χ0) is 11.4. The molecule has 90 valence electrons. The second kappa shape index (κ2) is 5.75. The first-order valence-electron chi connectivity index (χ1n) is 6.13. The molecule has 1 aliphatic rings. The smallest absolute Gasteiger partial charge is 0.107 e. The number of aromatic nitrogens is 1. The van der Waals surface area contributed by atoms with E-state index >= 15 is 0 Å². The molecule has 4 heteroatoms. The number of likely N-dealkylation sites (tertiary alicyclic amines) is 1. The second-order valence-corrected chi connectivity index (χ2v) is 5.47. The van der Waals surface area contributed by atoms with E-state index < -0.39 is 0 Å². The Morgan fingerprint density at radius 3 is 2.94 bits per heavy atom. The number of nitrogens with one attached hydrogen (secondary N) is 1. The van der Waals surface area contributed by atoms with Crippen LogP contribution in [0.4, 0.5) is 0 Å². The highest BCUT2D eigenvalue weighted by molar-refractivity contribution is 7.09. The molecule has 0 atom stereocenters. The van der Waals surface area contributed by atoms with Crippen molar-refractivity contribution in [1.82, 2.24) is 15.2 Å². The standard InChI is InChI=1S/C12H21N3S/c1-3-13-8-12-14-11(9-16-12)10-4-6-15(2)7-5-10/h9-10,13H,3-8H2,1-2H3. The molecule has 0 aromatic carbocycles.